The van der Waals surface area contributed by atoms with E-state index in [9.17, 15) is 16.8 Å². The molecule has 0 spiro atoms. The fourth-order valence-corrected chi connectivity index (χ4v) is 4.46. The van der Waals surface area contributed by atoms with Crippen LogP contribution in [0.1, 0.15) is 37.8 Å². The van der Waals surface area contributed by atoms with Crippen molar-refractivity contribution in [2.45, 2.75) is 44.6 Å². The monoisotopic (exact) mass is 481 g/mol. The molecule has 1 heterocycles. The van der Waals surface area contributed by atoms with E-state index < -0.39 is 20.2 Å². The Balaban J connectivity index is 0.000000278. The summed E-state index contributed by atoms with van der Waals surface area (Å²) in [4.78, 5) is 2.18. The Labute approximate surface area is 191 Å². The molecule has 0 radical (unpaired) electrons. The van der Waals surface area contributed by atoms with Crippen molar-refractivity contribution >= 4 is 32.0 Å². The maximum absolute atomic E-state index is 10.9. The van der Waals surface area contributed by atoms with E-state index in [4.69, 9.17) is 9.11 Å². The van der Waals surface area contributed by atoms with Gasteiger partial charge in [-0.25, -0.2) is 0 Å². The third kappa shape index (κ3) is 8.38. The molecule has 32 heavy (non-hydrogen) atoms. The molecule has 0 aliphatic carbocycles. The Kier molecular flexibility index (Phi) is 9.03. The zero-order valence-electron chi connectivity index (χ0n) is 18.5. The molecule has 0 amide bonds. The second kappa shape index (κ2) is 11.1. The molecule has 1 atom stereocenters. The Hall–Kier alpha value is -2.20. The predicted molar refractivity (Wildman–Crippen MR) is 128 cm³/mol. The number of fused-ring (bicyclic) bond motifs is 1. The van der Waals surface area contributed by atoms with Crippen molar-refractivity contribution in [1.29, 1.82) is 0 Å². The number of hydrogen-bond donors (Lipinski definition) is 2. The Morgan fingerprint density at radius 3 is 2.16 bits per heavy atom. The van der Waals surface area contributed by atoms with Gasteiger partial charge in [-0.3, -0.25) is 9.11 Å². The molecule has 1 aliphatic heterocycles. The van der Waals surface area contributed by atoms with E-state index in [2.05, 4.69) is 43.0 Å². The molecule has 0 bridgehead atoms. The van der Waals surface area contributed by atoms with Gasteiger partial charge in [0, 0.05) is 18.3 Å². The summed E-state index contributed by atoms with van der Waals surface area (Å²) in [6.45, 7) is 6.84. The van der Waals surface area contributed by atoms with Crippen LogP contribution in [0, 0.1) is 12.8 Å². The van der Waals surface area contributed by atoms with E-state index in [1.54, 1.807) is 12.1 Å². The van der Waals surface area contributed by atoms with Crippen LogP contribution in [0.3, 0.4) is 0 Å². The standard InChI is InChI=1S/C16H23NO3S.C7H8O3S/c1-13(2)12-15-9-8-14-6-3-4-7-16(14)17(15)10-5-11-21(18,19)20;1-6-2-4-7(5-3-6)11(8,9)10/h3-4,6-9,13,15H,5,10-12H2,1-2H3,(H,18,19,20);2-5H,1H3,(H,8,9,10). The van der Waals surface area contributed by atoms with Gasteiger partial charge in [-0.05, 0) is 49.4 Å². The van der Waals surface area contributed by atoms with E-state index in [-0.39, 0.29) is 16.7 Å². The summed E-state index contributed by atoms with van der Waals surface area (Å²) < 4.78 is 60.2. The second-order valence-corrected chi connectivity index (χ2v) is 11.2. The molecule has 1 unspecified atom stereocenters. The number of para-hydroxylation sites is 1. The van der Waals surface area contributed by atoms with Crippen molar-refractivity contribution in [1.82, 2.24) is 0 Å². The van der Waals surface area contributed by atoms with E-state index in [0.29, 0.717) is 18.9 Å². The van der Waals surface area contributed by atoms with Crippen LogP contribution < -0.4 is 4.90 Å². The minimum Gasteiger partial charge on any atom is -0.365 e. The first kappa shape index (κ1) is 26.1. The average Bonchev–Trinajstić information content (AvgIpc) is 2.68. The number of rotatable bonds is 7. The van der Waals surface area contributed by atoms with E-state index in [1.165, 1.54) is 12.1 Å². The molecule has 2 N–H and O–H groups in total. The third-order valence-corrected chi connectivity index (χ3v) is 6.65. The summed E-state index contributed by atoms with van der Waals surface area (Å²) in [5.74, 6) is 0.373. The largest absolute Gasteiger partial charge is 0.365 e. The molecule has 1 aliphatic rings. The van der Waals surface area contributed by atoms with Gasteiger partial charge >= 0.3 is 0 Å². The lowest BCUT2D eigenvalue weighted by Gasteiger charge is -2.36. The van der Waals surface area contributed by atoms with E-state index >= 15 is 0 Å². The lowest BCUT2D eigenvalue weighted by Crippen LogP contribution is -2.38. The summed E-state index contributed by atoms with van der Waals surface area (Å²) in [6.07, 6.45) is 5.78. The number of aryl methyl sites for hydroxylation is 1. The van der Waals surface area contributed by atoms with Gasteiger partial charge in [0.2, 0.25) is 0 Å². The van der Waals surface area contributed by atoms with Gasteiger partial charge in [-0.1, -0.05) is 61.9 Å². The van der Waals surface area contributed by atoms with Gasteiger partial charge < -0.3 is 4.90 Å². The smallest absolute Gasteiger partial charge is 0.294 e. The Morgan fingerprint density at radius 1 is 0.969 bits per heavy atom. The highest BCUT2D eigenvalue weighted by Crippen LogP contribution is 2.31. The average molecular weight is 482 g/mol. The SMILES string of the molecule is CC(C)CC1C=Cc2ccccc2N1CCCS(=O)(=O)O.Cc1ccc(S(=O)(=O)O)cc1. The molecule has 0 saturated carbocycles. The predicted octanol–water partition coefficient (Wildman–Crippen LogP) is 4.45. The molecule has 2 aromatic carbocycles. The highest BCUT2D eigenvalue weighted by Gasteiger charge is 2.23. The van der Waals surface area contributed by atoms with Crippen LogP contribution in [0.15, 0.2) is 59.5 Å². The first-order valence-corrected chi connectivity index (χ1v) is 13.4. The van der Waals surface area contributed by atoms with Crippen molar-refractivity contribution in [3.05, 3.63) is 65.7 Å². The topological polar surface area (TPSA) is 112 Å². The van der Waals surface area contributed by atoms with Crippen LogP contribution in [0.4, 0.5) is 5.69 Å². The molecule has 3 rings (SSSR count). The first-order chi connectivity index (χ1) is 14.9. The van der Waals surface area contributed by atoms with Crippen LogP contribution in [0.2, 0.25) is 0 Å². The summed E-state index contributed by atoms with van der Waals surface area (Å²) in [5, 5.41) is 0. The van der Waals surface area contributed by atoms with Crippen molar-refractivity contribution < 1.29 is 25.9 Å². The van der Waals surface area contributed by atoms with E-state index in [1.807, 2.05) is 19.1 Å². The zero-order valence-corrected chi connectivity index (χ0v) is 20.2. The minimum absolute atomic E-state index is 0.0666. The highest BCUT2D eigenvalue weighted by molar-refractivity contribution is 7.86. The lowest BCUT2D eigenvalue weighted by molar-refractivity contribution is 0.477. The quantitative estimate of drug-likeness (QED) is 0.562. The molecular formula is C23H31NO6S2. The fraction of sp³-hybridized carbons (Fsp3) is 0.391. The van der Waals surface area contributed by atoms with Crippen molar-refractivity contribution in [2.75, 3.05) is 17.2 Å². The first-order valence-electron chi connectivity index (χ1n) is 10.4. The maximum Gasteiger partial charge on any atom is 0.294 e. The van der Waals surface area contributed by atoms with Gasteiger partial charge in [0.15, 0.2) is 0 Å². The van der Waals surface area contributed by atoms with Crippen molar-refractivity contribution in [2.24, 2.45) is 5.92 Å². The van der Waals surface area contributed by atoms with Crippen molar-refractivity contribution in [3.8, 4) is 0 Å². The lowest BCUT2D eigenvalue weighted by atomic mass is 9.96. The normalized spacial score (nSPS) is 15.8. The van der Waals surface area contributed by atoms with Gasteiger partial charge in [0.25, 0.3) is 20.2 Å². The molecular weight excluding hydrogens is 450 g/mol. The van der Waals surface area contributed by atoms with Crippen LogP contribution in [-0.4, -0.2) is 44.3 Å². The Bertz CT molecular complexity index is 1120. The highest BCUT2D eigenvalue weighted by atomic mass is 32.2. The van der Waals surface area contributed by atoms with Crippen LogP contribution >= 0.6 is 0 Å². The van der Waals surface area contributed by atoms with Crippen LogP contribution in [-0.2, 0) is 20.2 Å². The molecule has 0 fully saturated rings. The molecule has 176 valence electrons. The number of anilines is 1. The minimum atomic E-state index is -4.02. The number of nitrogens with zero attached hydrogens (tertiary/aromatic N) is 1. The summed E-state index contributed by atoms with van der Waals surface area (Å²) in [6, 6.07) is 14.4. The van der Waals surface area contributed by atoms with Gasteiger partial charge in [-0.15, -0.1) is 0 Å². The molecule has 9 heteroatoms. The molecule has 7 nitrogen and oxygen atoms in total. The fourth-order valence-electron chi connectivity index (χ4n) is 3.49. The molecule has 2 aromatic rings. The maximum atomic E-state index is 10.9. The molecule has 0 aromatic heterocycles. The summed E-state index contributed by atoms with van der Waals surface area (Å²) >= 11 is 0. The summed E-state index contributed by atoms with van der Waals surface area (Å²) in [7, 11) is -7.91. The van der Waals surface area contributed by atoms with Gasteiger partial charge in [0.05, 0.1) is 10.6 Å². The van der Waals surface area contributed by atoms with Crippen LogP contribution in [0.25, 0.3) is 6.08 Å². The van der Waals surface area contributed by atoms with E-state index in [0.717, 1.165) is 23.2 Å². The van der Waals surface area contributed by atoms with Crippen LogP contribution in [0.5, 0.6) is 0 Å². The zero-order chi connectivity index (χ0) is 23.9. The molecule has 0 saturated heterocycles. The summed E-state index contributed by atoms with van der Waals surface area (Å²) in [5.41, 5.74) is 3.25. The Morgan fingerprint density at radius 2 is 1.59 bits per heavy atom. The second-order valence-electron chi connectivity index (χ2n) is 8.24. The van der Waals surface area contributed by atoms with Gasteiger partial charge in [0.1, 0.15) is 0 Å². The third-order valence-electron chi connectivity index (χ3n) is 4.98. The van der Waals surface area contributed by atoms with Crippen molar-refractivity contribution in [3.63, 3.8) is 0 Å². The number of benzene rings is 2. The number of hydrogen-bond acceptors (Lipinski definition) is 5. The van der Waals surface area contributed by atoms with Gasteiger partial charge in [-0.2, -0.15) is 16.8 Å².